The summed E-state index contributed by atoms with van der Waals surface area (Å²) in [7, 11) is 3.04. The standard InChI is InChI=1S/C54H67N7O11/c1-30(2)48(58-49(62)31(3)4)51(64)56-34(7)50(63)57-37-16-14-36(15-17-37)29-72-54(67)61-35(8)42-21-33(6)28-60(42)53(66)40-23-45(69-10)47(25-43(40)61)71-19-13-11-12-18-70-46-24-41-39(22-44(46)68-9)52(65)59-27-32(5)20-38(59)26-55-41/h14-17,22-28,30-31,34-35,38,42,48H,11-13,18-21,29H2,1-10H3,(H,56,64)(H,57,63)(H,58,62)/t34-,35?,38-,42-,48-/m0/s1. The number of carbonyl (C=O) groups excluding carboxylic acids is 6. The van der Waals surface area contributed by atoms with Crippen LogP contribution in [0.1, 0.15) is 114 Å². The molecule has 0 saturated carbocycles. The maximum absolute atomic E-state index is 14.3. The van der Waals surface area contributed by atoms with Crippen molar-refractivity contribution in [2.45, 2.75) is 124 Å². The molecule has 3 aromatic rings. The SMILES string of the molecule is COc1cc2c(cc1OCCCCCOc1cc3c(cc1OC)C(=O)N1C=C(C)C[C@H]1C(C)N3C(=O)OCc1ccc(NC(=O)[C@H](C)NC(=O)[C@@H](NC(=O)C(C)C)C(C)C)cc1)N=C[C@@H]1CC(C)=CN1C2=O. The van der Waals surface area contributed by atoms with Crippen molar-refractivity contribution >= 4 is 58.9 Å². The van der Waals surface area contributed by atoms with Gasteiger partial charge < -0.3 is 49.4 Å². The second kappa shape index (κ2) is 22.8. The molecule has 1 unspecified atom stereocenters. The molecule has 4 aliphatic heterocycles. The van der Waals surface area contributed by atoms with Crippen LogP contribution in [-0.4, -0.2) is 109 Å². The van der Waals surface area contributed by atoms with Crippen molar-refractivity contribution in [3.63, 3.8) is 0 Å². The summed E-state index contributed by atoms with van der Waals surface area (Å²) in [5, 5.41) is 8.24. The van der Waals surface area contributed by atoms with Crippen LogP contribution in [0.4, 0.5) is 21.9 Å². The van der Waals surface area contributed by atoms with E-state index in [2.05, 4.69) is 20.9 Å². The molecule has 0 spiro atoms. The predicted octanol–water partition coefficient (Wildman–Crippen LogP) is 8.07. The van der Waals surface area contributed by atoms with Gasteiger partial charge in [0, 0.05) is 42.4 Å². The summed E-state index contributed by atoms with van der Waals surface area (Å²) in [6, 6.07) is 10.8. The van der Waals surface area contributed by atoms with Crippen molar-refractivity contribution in [2.24, 2.45) is 16.8 Å². The minimum atomic E-state index is -0.901. The summed E-state index contributed by atoms with van der Waals surface area (Å²) in [6.07, 6.45) is 8.26. The smallest absolute Gasteiger partial charge is 0.414 e. The number of rotatable bonds is 19. The topological polar surface area (TPSA) is 207 Å². The van der Waals surface area contributed by atoms with Gasteiger partial charge in [-0.05, 0) is 95.5 Å². The molecule has 5 atom stereocenters. The molecule has 4 aliphatic rings. The number of nitrogens with one attached hydrogen (secondary N) is 3. The van der Waals surface area contributed by atoms with E-state index in [1.165, 1.54) is 19.1 Å². The van der Waals surface area contributed by atoms with Gasteiger partial charge in [0.2, 0.25) is 17.7 Å². The highest BCUT2D eigenvalue weighted by atomic mass is 16.6. The monoisotopic (exact) mass is 989 g/mol. The number of fused-ring (bicyclic) bond motifs is 4. The van der Waals surface area contributed by atoms with Gasteiger partial charge in [0.15, 0.2) is 23.0 Å². The summed E-state index contributed by atoms with van der Waals surface area (Å²) in [4.78, 5) is 89.8. The predicted molar refractivity (Wildman–Crippen MR) is 272 cm³/mol. The fourth-order valence-electron chi connectivity index (χ4n) is 9.08. The van der Waals surface area contributed by atoms with E-state index in [-0.39, 0.29) is 53.8 Å². The summed E-state index contributed by atoms with van der Waals surface area (Å²) >= 11 is 0. The number of nitrogens with zero attached hydrogens (tertiary/aromatic N) is 4. The van der Waals surface area contributed by atoms with Crippen LogP contribution in [0.5, 0.6) is 23.0 Å². The third-order valence-electron chi connectivity index (χ3n) is 13.2. The molecule has 0 aromatic heterocycles. The molecule has 7 rings (SSSR count). The molecule has 0 fully saturated rings. The van der Waals surface area contributed by atoms with Gasteiger partial charge >= 0.3 is 6.09 Å². The minimum Gasteiger partial charge on any atom is -0.493 e. The van der Waals surface area contributed by atoms with Gasteiger partial charge in [-0.15, -0.1) is 0 Å². The van der Waals surface area contributed by atoms with Crippen LogP contribution in [-0.2, 0) is 25.7 Å². The summed E-state index contributed by atoms with van der Waals surface area (Å²) in [5.41, 5.74) is 4.80. The van der Waals surface area contributed by atoms with E-state index >= 15 is 0 Å². The molecule has 0 saturated heterocycles. The van der Waals surface area contributed by atoms with E-state index < -0.39 is 36.0 Å². The molecule has 6 amide bonds. The van der Waals surface area contributed by atoms with Crippen molar-refractivity contribution < 1.29 is 52.5 Å². The van der Waals surface area contributed by atoms with Gasteiger partial charge in [-0.2, -0.15) is 0 Å². The zero-order valence-corrected chi connectivity index (χ0v) is 42.8. The number of benzene rings is 3. The van der Waals surface area contributed by atoms with Crippen molar-refractivity contribution in [2.75, 3.05) is 37.7 Å². The number of amides is 6. The van der Waals surface area contributed by atoms with Crippen LogP contribution in [0.15, 0.2) is 77.1 Å². The molecule has 3 N–H and O–H groups in total. The Balaban J connectivity index is 0.963. The van der Waals surface area contributed by atoms with Crippen LogP contribution in [0, 0.1) is 11.8 Å². The van der Waals surface area contributed by atoms with Crippen LogP contribution in [0.3, 0.4) is 0 Å². The number of anilines is 2. The Labute approximate surface area is 421 Å². The average Bonchev–Trinajstić information content (AvgIpc) is 3.89. The van der Waals surface area contributed by atoms with Gasteiger partial charge in [0.1, 0.15) is 18.7 Å². The van der Waals surface area contributed by atoms with Crippen molar-refractivity contribution in [1.29, 1.82) is 0 Å². The highest BCUT2D eigenvalue weighted by Gasteiger charge is 2.44. The van der Waals surface area contributed by atoms with E-state index in [0.29, 0.717) is 83.7 Å². The molecule has 4 heterocycles. The summed E-state index contributed by atoms with van der Waals surface area (Å²) in [6.45, 7) is 15.1. The quantitative estimate of drug-likeness (QED) is 0.0979. The maximum Gasteiger partial charge on any atom is 0.414 e. The largest absolute Gasteiger partial charge is 0.493 e. The van der Waals surface area contributed by atoms with Crippen molar-refractivity contribution in [1.82, 2.24) is 20.4 Å². The third-order valence-corrected chi connectivity index (χ3v) is 13.2. The highest BCUT2D eigenvalue weighted by molar-refractivity contribution is 6.07. The Morgan fingerprint density at radius 2 is 1.33 bits per heavy atom. The second-order valence-electron chi connectivity index (χ2n) is 19.5. The number of methoxy groups -OCH3 is 2. The lowest BCUT2D eigenvalue weighted by molar-refractivity contribution is -0.132. The number of aliphatic imine (C=N–C) groups is 1. The Hall–Kier alpha value is -7.37. The summed E-state index contributed by atoms with van der Waals surface area (Å²) < 4.78 is 29.7. The van der Waals surface area contributed by atoms with Gasteiger partial charge in [0.05, 0.1) is 68.1 Å². The van der Waals surface area contributed by atoms with Crippen LogP contribution >= 0.6 is 0 Å². The highest BCUT2D eigenvalue weighted by Crippen LogP contribution is 2.43. The van der Waals surface area contributed by atoms with Crippen molar-refractivity contribution in [3.8, 4) is 23.0 Å². The molecule has 3 aromatic carbocycles. The third kappa shape index (κ3) is 11.7. The molecule has 18 nitrogen and oxygen atoms in total. The minimum absolute atomic E-state index is 0.108. The van der Waals surface area contributed by atoms with Crippen LogP contribution < -0.4 is 39.8 Å². The Morgan fingerprint density at radius 3 is 1.97 bits per heavy atom. The normalized spacial score (nSPS) is 18.7. The molecule has 0 radical (unpaired) electrons. The lowest BCUT2D eigenvalue weighted by atomic mass is 10.0. The molecule has 18 heteroatoms. The van der Waals surface area contributed by atoms with E-state index in [0.717, 1.165) is 24.0 Å². The van der Waals surface area contributed by atoms with E-state index in [9.17, 15) is 28.8 Å². The van der Waals surface area contributed by atoms with Crippen LogP contribution in [0.25, 0.3) is 0 Å². The molecular formula is C54H67N7O11. The first-order valence-electron chi connectivity index (χ1n) is 24.6. The average molecular weight is 990 g/mol. The number of unbranched alkanes of at least 4 members (excludes halogenated alkanes) is 2. The van der Waals surface area contributed by atoms with Gasteiger partial charge in [-0.25, -0.2) is 4.79 Å². The Bertz CT molecular complexity index is 2660. The molecule has 384 valence electrons. The number of hydrogen-bond acceptors (Lipinski definition) is 12. The van der Waals surface area contributed by atoms with Crippen LogP contribution in [0.2, 0.25) is 0 Å². The number of carbonyl (C=O) groups is 6. The molecule has 0 bridgehead atoms. The maximum atomic E-state index is 14.3. The van der Waals surface area contributed by atoms with Gasteiger partial charge in [0.25, 0.3) is 11.8 Å². The zero-order chi connectivity index (χ0) is 52.0. The first-order chi connectivity index (χ1) is 34.4. The lowest BCUT2D eigenvalue weighted by Gasteiger charge is -2.33. The van der Waals surface area contributed by atoms with Gasteiger partial charge in [-0.3, -0.25) is 33.9 Å². The zero-order valence-electron chi connectivity index (χ0n) is 42.8. The van der Waals surface area contributed by atoms with E-state index in [1.54, 1.807) is 85.3 Å². The Kier molecular flexibility index (Phi) is 16.6. The van der Waals surface area contributed by atoms with Crippen molar-refractivity contribution in [3.05, 3.63) is 88.8 Å². The fraction of sp³-hybridized carbons (Fsp3) is 0.463. The van der Waals surface area contributed by atoms with E-state index in [4.69, 9.17) is 23.7 Å². The molecular weight excluding hydrogens is 923 g/mol. The number of hydrogen-bond donors (Lipinski definition) is 3. The Morgan fingerprint density at radius 1 is 0.722 bits per heavy atom. The number of ether oxygens (including phenoxy) is 5. The fourth-order valence-corrected chi connectivity index (χ4v) is 9.08. The molecule has 72 heavy (non-hydrogen) atoms. The summed E-state index contributed by atoms with van der Waals surface area (Å²) in [5.74, 6) is -0.427. The van der Waals surface area contributed by atoms with E-state index in [1.807, 2.05) is 47.0 Å². The molecule has 0 aliphatic carbocycles. The second-order valence-corrected chi connectivity index (χ2v) is 19.5. The first-order valence-corrected chi connectivity index (χ1v) is 24.6. The lowest BCUT2D eigenvalue weighted by Crippen LogP contribution is -2.54. The van der Waals surface area contributed by atoms with Gasteiger partial charge in [-0.1, -0.05) is 51.0 Å². The first kappa shape index (κ1) is 52.5.